The topological polar surface area (TPSA) is 81.9 Å². The summed E-state index contributed by atoms with van der Waals surface area (Å²) >= 11 is 0. The van der Waals surface area contributed by atoms with Crippen molar-refractivity contribution in [2.24, 2.45) is 11.0 Å². The standard InChI is InChI=1S/C23H20N2O3/c26-20-12-11-16(13-21(20)27)15-24-25-22(28)19-14-23(19,17-7-3-1-4-8-17)18-9-5-2-6-10-18/h1-13,15,19,26-27H,14H2,(H,25,28)/b24-15-/t19-/m0/s1. The first-order valence-corrected chi connectivity index (χ1v) is 9.07. The van der Waals surface area contributed by atoms with Crippen LogP contribution in [0.3, 0.4) is 0 Å². The molecule has 3 N–H and O–H groups in total. The van der Waals surface area contributed by atoms with E-state index in [1.54, 1.807) is 6.07 Å². The number of nitrogens with zero attached hydrogens (tertiary/aromatic N) is 1. The Morgan fingerprint density at radius 3 is 2.11 bits per heavy atom. The molecule has 5 heteroatoms. The van der Waals surface area contributed by atoms with Crippen molar-refractivity contribution in [3.05, 3.63) is 95.6 Å². The van der Waals surface area contributed by atoms with Crippen molar-refractivity contribution >= 4 is 12.1 Å². The van der Waals surface area contributed by atoms with Gasteiger partial charge in [-0.1, -0.05) is 60.7 Å². The Morgan fingerprint density at radius 1 is 0.929 bits per heavy atom. The SMILES string of the molecule is O=C(N/N=C\c1ccc(O)c(O)c1)[C@@H]1CC1(c1ccccc1)c1ccccc1. The molecule has 0 radical (unpaired) electrons. The fourth-order valence-electron chi connectivity index (χ4n) is 3.72. The van der Waals surface area contributed by atoms with Crippen molar-refractivity contribution in [1.29, 1.82) is 0 Å². The minimum absolute atomic E-state index is 0.146. The molecular formula is C23H20N2O3. The third kappa shape index (κ3) is 3.22. The summed E-state index contributed by atoms with van der Waals surface area (Å²) in [6.07, 6.45) is 2.16. The van der Waals surface area contributed by atoms with E-state index in [0.29, 0.717) is 5.56 Å². The number of amides is 1. The summed E-state index contributed by atoms with van der Waals surface area (Å²) in [4.78, 5) is 12.8. The van der Waals surface area contributed by atoms with Gasteiger partial charge in [0.2, 0.25) is 5.91 Å². The van der Waals surface area contributed by atoms with Crippen LogP contribution < -0.4 is 5.43 Å². The number of hydrogen-bond donors (Lipinski definition) is 3. The van der Waals surface area contributed by atoms with Crippen LogP contribution in [-0.4, -0.2) is 22.3 Å². The third-order valence-corrected chi connectivity index (χ3v) is 5.24. The first-order valence-electron chi connectivity index (χ1n) is 9.07. The highest BCUT2D eigenvalue weighted by molar-refractivity contribution is 5.88. The molecule has 4 rings (SSSR count). The Hall–Kier alpha value is -3.60. The van der Waals surface area contributed by atoms with Crippen LogP contribution in [-0.2, 0) is 10.2 Å². The molecule has 0 bridgehead atoms. The van der Waals surface area contributed by atoms with Gasteiger partial charge in [-0.2, -0.15) is 5.10 Å². The summed E-state index contributed by atoms with van der Waals surface area (Å²) in [6.45, 7) is 0. The largest absolute Gasteiger partial charge is 0.504 e. The molecule has 140 valence electrons. The van der Waals surface area contributed by atoms with Gasteiger partial charge in [0.15, 0.2) is 11.5 Å². The molecule has 5 nitrogen and oxygen atoms in total. The molecule has 1 amide bonds. The molecule has 28 heavy (non-hydrogen) atoms. The van der Waals surface area contributed by atoms with Crippen LogP contribution in [0, 0.1) is 5.92 Å². The summed E-state index contributed by atoms with van der Waals surface area (Å²) in [5.74, 6) is -0.783. The van der Waals surface area contributed by atoms with Crippen LogP contribution in [0.1, 0.15) is 23.1 Å². The third-order valence-electron chi connectivity index (χ3n) is 5.24. The van der Waals surface area contributed by atoms with E-state index in [-0.39, 0.29) is 28.7 Å². The van der Waals surface area contributed by atoms with Crippen LogP contribution in [0.4, 0.5) is 0 Å². The van der Waals surface area contributed by atoms with Gasteiger partial charge in [0, 0.05) is 5.41 Å². The van der Waals surface area contributed by atoms with E-state index < -0.39 is 0 Å². The quantitative estimate of drug-likeness (QED) is 0.364. The first kappa shape index (κ1) is 17.8. The van der Waals surface area contributed by atoms with Gasteiger partial charge in [-0.15, -0.1) is 0 Å². The molecule has 0 aromatic heterocycles. The van der Waals surface area contributed by atoms with Gasteiger partial charge < -0.3 is 10.2 Å². The number of carbonyl (C=O) groups excluding carboxylic acids is 1. The smallest absolute Gasteiger partial charge is 0.244 e. The molecule has 0 aliphatic heterocycles. The van der Waals surface area contributed by atoms with Crippen molar-refractivity contribution in [3.63, 3.8) is 0 Å². The predicted octanol–water partition coefficient (Wildman–Crippen LogP) is 3.55. The number of aromatic hydroxyl groups is 2. The predicted molar refractivity (Wildman–Crippen MR) is 107 cm³/mol. The Morgan fingerprint density at radius 2 is 1.54 bits per heavy atom. The van der Waals surface area contributed by atoms with E-state index in [2.05, 4.69) is 34.8 Å². The van der Waals surface area contributed by atoms with Crippen molar-refractivity contribution < 1.29 is 15.0 Å². The minimum Gasteiger partial charge on any atom is -0.504 e. The Bertz CT molecular complexity index is 977. The van der Waals surface area contributed by atoms with Crippen LogP contribution in [0.25, 0.3) is 0 Å². The number of benzene rings is 3. The zero-order valence-corrected chi connectivity index (χ0v) is 15.1. The van der Waals surface area contributed by atoms with Gasteiger partial charge in [0.05, 0.1) is 12.1 Å². The van der Waals surface area contributed by atoms with Crippen molar-refractivity contribution in [2.45, 2.75) is 11.8 Å². The molecule has 0 heterocycles. The van der Waals surface area contributed by atoms with Gasteiger partial charge in [-0.25, -0.2) is 5.43 Å². The van der Waals surface area contributed by atoms with E-state index in [9.17, 15) is 15.0 Å². The maximum absolute atomic E-state index is 12.8. The molecule has 1 aliphatic carbocycles. The van der Waals surface area contributed by atoms with Crippen LogP contribution in [0.2, 0.25) is 0 Å². The van der Waals surface area contributed by atoms with Gasteiger partial charge >= 0.3 is 0 Å². The molecule has 1 atom stereocenters. The van der Waals surface area contributed by atoms with E-state index in [1.165, 1.54) is 18.3 Å². The number of hydrogen-bond acceptors (Lipinski definition) is 4. The normalized spacial score (nSPS) is 17.4. The van der Waals surface area contributed by atoms with E-state index in [0.717, 1.165) is 17.5 Å². The summed E-state index contributed by atoms with van der Waals surface area (Å²) < 4.78 is 0. The second-order valence-corrected chi connectivity index (χ2v) is 6.94. The number of phenols is 2. The van der Waals surface area contributed by atoms with Crippen LogP contribution >= 0.6 is 0 Å². The summed E-state index contributed by atoms with van der Waals surface area (Å²) in [6, 6.07) is 24.5. The molecular weight excluding hydrogens is 352 g/mol. The number of phenolic OH excluding ortho intramolecular Hbond substituents is 2. The van der Waals surface area contributed by atoms with Gasteiger partial charge in [-0.3, -0.25) is 4.79 Å². The average Bonchev–Trinajstić information content (AvgIpc) is 3.49. The lowest BCUT2D eigenvalue weighted by Gasteiger charge is -2.18. The summed E-state index contributed by atoms with van der Waals surface area (Å²) in [5.41, 5.74) is 5.08. The van der Waals surface area contributed by atoms with E-state index in [4.69, 9.17) is 0 Å². The van der Waals surface area contributed by atoms with Gasteiger partial charge in [0.25, 0.3) is 0 Å². The van der Waals surface area contributed by atoms with Gasteiger partial charge in [-0.05, 0) is 41.3 Å². The molecule has 1 aliphatic rings. The molecule has 3 aromatic rings. The van der Waals surface area contributed by atoms with E-state index in [1.807, 2.05) is 36.4 Å². The van der Waals surface area contributed by atoms with Crippen molar-refractivity contribution in [2.75, 3.05) is 0 Å². The fraction of sp³-hybridized carbons (Fsp3) is 0.130. The summed E-state index contributed by atoms with van der Waals surface area (Å²) in [7, 11) is 0. The Kier molecular flexibility index (Phi) is 4.57. The van der Waals surface area contributed by atoms with E-state index >= 15 is 0 Å². The highest BCUT2D eigenvalue weighted by Gasteiger charge is 2.60. The van der Waals surface area contributed by atoms with Crippen LogP contribution in [0.5, 0.6) is 11.5 Å². The number of hydrazone groups is 1. The number of rotatable bonds is 5. The monoisotopic (exact) mass is 372 g/mol. The molecule has 0 unspecified atom stereocenters. The van der Waals surface area contributed by atoms with Crippen LogP contribution in [0.15, 0.2) is 84.0 Å². The lowest BCUT2D eigenvalue weighted by atomic mass is 9.85. The minimum atomic E-state index is -0.334. The first-order chi connectivity index (χ1) is 13.6. The van der Waals surface area contributed by atoms with Crippen molar-refractivity contribution in [3.8, 4) is 11.5 Å². The zero-order valence-electron chi connectivity index (χ0n) is 15.1. The second kappa shape index (κ2) is 7.19. The molecule has 3 aromatic carbocycles. The number of carbonyl (C=O) groups is 1. The Balaban J connectivity index is 1.53. The van der Waals surface area contributed by atoms with Crippen molar-refractivity contribution in [1.82, 2.24) is 5.43 Å². The maximum atomic E-state index is 12.8. The molecule has 0 saturated heterocycles. The lowest BCUT2D eigenvalue weighted by Crippen LogP contribution is -2.25. The molecule has 1 fully saturated rings. The Labute approximate surface area is 163 Å². The second-order valence-electron chi connectivity index (χ2n) is 6.94. The molecule has 1 saturated carbocycles. The highest BCUT2D eigenvalue weighted by atomic mass is 16.3. The zero-order chi connectivity index (χ0) is 19.6. The number of nitrogens with one attached hydrogen (secondary N) is 1. The fourth-order valence-corrected chi connectivity index (χ4v) is 3.72. The maximum Gasteiger partial charge on any atom is 0.244 e. The lowest BCUT2D eigenvalue weighted by molar-refractivity contribution is -0.122. The molecule has 0 spiro atoms. The summed E-state index contributed by atoms with van der Waals surface area (Å²) in [5, 5.41) is 22.9. The highest BCUT2D eigenvalue weighted by Crippen LogP contribution is 2.58. The average molecular weight is 372 g/mol. The van der Waals surface area contributed by atoms with Gasteiger partial charge in [0.1, 0.15) is 0 Å².